The summed E-state index contributed by atoms with van der Waals surface area (Å²) in [6.07, 6.45) is 3.64. The molecule has 2 heterocycles. The first-order valence-corrected chi connectivity index (χ1v) is 9.76. The fourth-order valence-electron chi connectivity index (χ4n) is 2.05. The molecule has 1 aromatic heterocycles. The number of aromatic nitrogens is 1. The summed E-state index contributed by atoms with van der Waals surface area (Å²) in [4.78, 5) is 4.51. The average molecular weight is 379 g/mol. The molecular formula is C15H20N2O2Sn. The molecule has 0 atom stereocenters. The van der Waals surface area contributed by atoms with Gasteiger partial charge in [-0.15, -0.1) is 0 Å². The minimum atomic E-state index is -0.787. The molecule has 0 saturated carbocycles. The van der Waals surface area contributed by atoms with Crippen LogP contribution in [0.2, 0.25) is 3.43 Å². The van der Waals surface area contributed by atoms with Crippen molar-refractivity contribution in [2.45, 2.75) is 43.1 Å². The minimum absolute atomic E-state index is 0.145. The van der Waals surface area contributed by atoms with Gasteiger partial charge in [0.15, 0.2) is 0 Å². The number of hydrogen-bond acceptors (Lipinski definition) is 4. The quantitative estimate of drug-likeness (QED) is 0.755. The zero-order valence-electron chi connectivity index (χ0n) is 12.3. The van der Waals surface area contributed by atoms with Crippen molar-refractivity contribution in [3.8, 4) is 11.8 Å². The number of ether oxygens (including phenoxy) is 2. The molecule has 0 N–H and O–H groups in total. The zero-order valence-corrected chi connectivity index (χ0v) is 15.1. The molecule has 0 spiro atoms. The Labute approximate surface area is 130 Å². The van der Waals surface area contributed by atoms with Crippen LogP contribution in [0, 0.1) is 11.3 Å². The van der Waals surface area contributed by atoms with E-state index in [9.17, 15) is 5.26 Å². The second-order valence-electron chi connectivity index (χ2n) is 5.98. The van der Waals surface area contributed by atoms with Crippen LogP contribution in [-0.4, -0.2) is 45.4 Å². The summed E-state index contributed by atoms with van der Waals surface area (Å²) in [6, 6.07) is 4.16. The van der Waals surface area contributed by atoms with E-state index in [4.69, 9.17) is 9.47 Å². The Morgan fingerprint density at radius 3 is 2.70 bits per heavy atom. The maximum atomic E-state index is 9.31. The van der Waals surface area contributed by atoms with E-state index in [-0.39, 0.29) is 6.10 Å². The summed E-state index contributed by atoms with van der Waals surface area (Å²) in [5.41, 5.74) is 0.617. The van der Waals surface area contributed by atoms with Crippen LogP contribution in [0.5, 0.6) is 5.75 Å². The van der Waals surface area contributed by atoms with Gasteiger partial charge in [0.25, 0.3) is 0 Å². The Balaban J connectivity index is 2.11. The molecule has 1 aliphatic rings. The van der Waals surface area contributed by atoms with Crippen LogP contribution in [0.1, 0.15) is 39.2 Å². The van der Waals surface area contributed by atoms with Gasteiger partial charge < -0.3 is 0 Å². The fourth-order valence-corrected chi connectivity index (χ4v) is 5.23. The summed E-state index contributed by atoms with van der Waals surface area (Å²) in [5.74, 6) is 0.622. The molecule has 106 valence electrons. The van der Waals surface area contributed by atoms with E-state index in [0.29, 0.717) is 14.7 Å². The van der Waals surface area contributed by atoms with Gasteiger partial charge in [-0.05, 0) is 0 Å². The number of hydrogen-bond donors (Lipinski definition) is 0. The van der Waals surface area contributed by atoms with Gasteiger partial charge in [0.1, 0.15) is 0 Å². The van der Waals surface area contributed by atoms with E-state index in [1.54, 1.807) is 6.20 Å². The first kappa shape index (κ1) is 15.6. The second kappa shape index (κ2) is 6.77. The van der Waals surface area contributed by atoms with Gasteiger partial charge >= 0.3 is 131 Å². The SMILES string of the molecule is C[C](C)(C)[Sn][c]1cc(C#N)c(OC2CCOCC2)cn1. The van der Waals surface area contributed by atoms with Crippen LogP contribution >= 0.6 is 0 Å². The molecule has 1 aliphatic heterocycles. The molecule has 1 saturated heterocycles. The maximum absolute atomic E-state index is 9.31. The van der Waals surface area contributed by atoms with Crippen molar-refractivity contribution < 1.29 is 9.47 Å². The Morgan fingerprint density at radius 1 is 1.40 bits per heavy atom. The number of pyridine rings is 1. The van der Waals surface area contributed by atoms with E-state index in [2.05, 4.69) is 31.8 Å². The Kier molecular flexibility index (Phi) is 5.28. The van der Waals surface area contributed by atoms with Gasteiger partial charge in [-0.1, -0.05) is 0 Å². The molecule has 0 aromatic carbocycles. The first-order chi connectivity index (χ1) is 9.48. The van der Waals surface area contributed by atoms with Crippen LogP contribution < -0.4 is 8.45 Å². The molecular weight excluding hydrogens is 359 g/mol. The predicted molar refractivity (Wildman–Crippen MR) is 78.5 cm³/mol. The Morgan fingerprint density at radius 2 is 2.10 bits per heavy atom. The van der Waals surface area contributed by atoms with Crippen LogP contribution in [0.4, 0.5) is 0 Å². The molecule has 2 radical (unpaired) electrons. The summed E-state index contributed by atoms with van der Waals surface area (Å²) in [6.45, 7) is 8.17. The third-order valence-corrected chi connectivity index (χ3v) is 6.60. The zero-order chi connectivity index (χ0) is 14.6. The topological polar surface area (TPSA) is 55.1 Å². The first-order valence-electron chi connectivity index (χ1n) is 6.91. The van der Waals surface area contributed by atoms with E-state index in [0.717, 1.165) is 29.8 Å². The molecule has 4 nitrogen and oxygen atoms in total. The monoisotopic (exact) mass is 380 g/mol. The number of nitrogens with zero attached hydrogens (tertiary/aromatic N) is 2. The molecule has 1 fully saturated rings. The summed E-state index contributed by atoms with van der Waals surface area (Å²) >= 11 is -0.787. The van der Waals surface area contributed by atoms with Gasteiger partial charge in [0.2, 0.25) is 0 Å². The van der Waals surface area contributed by atoms with Crippen molar-refractivity contribution in [1.29, 1.82) is 5.26 Å². The summed E-state index contributed by atoms with van der Waals surface area (Å²) < 4.78 is 12.7. The molecule has 20 heavy (non-hydrogen) atoms. The molecule has 2 rings (SSSR count). The molecule has 0 aliphatic carbocycles. The van der Waals surface area contributed by atoms with Gasteiger partial charge in [-0.25, -0.2) is 0 Å². The normalized spacial score (nSPS) is 16.7. The van der Waals surface area contributed by atoms with E-state index >= 15 is 0 Å². The second-order valence-corrected chi connectivity index (χ2v) is 12.4. The summed E-state index contributed by atoms with van der Waals surface area (Å²) in [7, 11) is 0. The van der Waals surface area contributed by atoms with Crippen molar-refractivity contribution in [3.63, 3.8) is 0 Å². The summed E-state index contributed by atoms with van der Waals surface area (Å²) in [5, 5.41) is 9.31. The Hall–Kier alpha value is -0.801. The third kappa shape index (κ3) is 4.64. The van der Waals surface area contributed by atoms with E-state index in [1.165, 1.54) is 0 Å². The van der Waals surface area contributed by atoms with Crippen molar-refractivity contribution in [2.24, 2.45) is 0 Å². The van der Waals surface area contributed by atoms with Gasteiger partial charge in [-0.3, -0.25) is 0 Å². The average Bonchev–Trinajstić information content (AvgIpc) is 2.40. The van der Waals surface area contributed by atoms with E-state index < -0.39 is 21.1 Å². The molecule has 5 heteroatoms. The molecule has 0 unspecified atom stereocenters. The van der Waals surface area contributed by atoms with Gasteiger partial charge in [0.05, 0.1) is 0 Å². The van der Waals surface area contributed by atoms with Crippen molar-refractivity contribution >= 4 is 24.9 Å². The number of rotatable bonds is 3. The fraction of sp³-hybridized carbons (Fsp3) is 0.600. The van der Waals surface area contributed by atoms with Crippen LogP contribution in [-0.2, 0) is 4.74 Å². The number of nitriles is 1. The van der Waals surface area contributed by atoms with Gasteiger partial charge in [-0.2, -0.15) is 0 Å². The molecule has 1 aromatic rings. The predicted octanol–water partition coefficient (Wildman–Crippen LogP) is 2.06. The van der Waals surface area contributed by atoms with Crippen molar-refractivity contribution in [1.82, 2.24) is 4.98 Å². The van der Waals surface area contributed by atoms with Crippen molar-refractivity contribution in [3.05, 3.63) is 17.8 Å². The van der Waals surface area contributed by atoms with Crippen LogP contribution in [0.3, 0.4) is 0 Å². The molecule has 0 amide bonds. The van der Waals surface area contributed by atoms with Crippen LogP contribution in [0.25, 0.3) is 0 Å². The van der Waals surface area contributed by atoms with E-state index in [1.807, 2.05) is 6.07 Å². The standard InChI is InChI=1S/C11H11N2O2.C4H9.Sn/c12-7-9-1-4-13-8-11(9)15-10-2-5-14-6-3-10;1-4(2)3;/h1,8,10H,2-3,5-6H2;1-3H3;. The van der Waals surface area contributed by atoms with Crippen LogP contribution in [0.15, 0.2) is 12.3 Å². The Bertz CT molecular complexity index is 500. The van der Waals surface area contributed by atoms with Crippen molar-refractivity contribution in [2.75, 3.05) is 13.2 Å². The third-order valence-electron chi connectivity index (χ3n) is 2.95. The molecule has 0 bridgehead atoms. The van der Waals surface area contributed by atoms with Gasteiger partial charge in [0, 0.05) is 0 Å².